The predicted octanol–water partition coefficient (Wildman–Crippen LogP) is 4.13. The van der Waals surface area contributed by atoms with Crippen LogP contribution in [0.2, 0.25) is 5.02 Å². The van der Waals surface area contributed by atoms with Gasteiger partial charge >= 0.3 is 0 Å². The molecule has 0 saturated heterocycles. The molecule has 110 valence electrons. The van der Waals surface area contributed by atoms with Crippen molar-refractivity contribution in [3.8, 4) is 5.75 Å². The van der Waals surface area contributed by atoms with Gasteiger partial charge in [0.25, 0.3) is 0 Å². The molecule has 0 spiro atoms. The second-order valence-corrected chi connectivity index (χ2v) is 5.87. The minimum Gasteiger partial charge on any atom is -0.495 e. The summed E-state index contributed by atoms with van der Waals surface area (Å²) >= 11 is 6.02. The van der Waals surface area contributed by atoms with Crippen molar-refractivity contribution in [2.75, 3.05) is 13.7 Å². The molecule has 0 amide bonds. The molecule has 1 aliphatic rings. The Labute approximate surface area is 125 Å². The van der Waals surface area contributed by atoms with Gasteiger partial charge in [-0.3, -0.25) is 4.79 Å². The first-order chi connectivity index (χ1) is 9.60. The molecule has 0 atom stereocenters. The molecule has 1 fully saturated rings. The molecule has 1 aromatic rings. The summed E-state index contributed by atoms with van der Waals surface area (Å²) in [5.41, 5.74) is 0.569. The number of rotatable bonds is 5. The van der Waals surface area contributed by atoms with Crippen molar-refractivity contribution in [3.63, 3.8) is 0 Å². The molecule has 1 aromatic carbocycles. The summed E-state index contributed by atoms with van der Waals surface area (Å²) < 4.78 is 10.8. The van der Waals surface area contributed by atoms with Crippen molar-refractivity contribution >= 4 is 17.4 Å². The second kappa shape index (κ2) is 7.09. The average Bonchev–Trinajstić information content (AvgIpc) is 2.46. The Kier molecular flexibility index (Phi) is 5.44. The van der Waals surface area contributed by atoms with Gasteiger partial charge in [0.1, 0.15) is 12.4 Å². The van der Waals surface area contributed by atoms with E-state index in [9.17, 15) is 4.79 Å². The van der Waals surface area contributed by atoms with E-state index in [1.165, 1.54) is 12.8 Å². The van der Waals surface area contributed by atoms with Crippen molar-refractivity contribution in [1.29, 1.82) is 0 Å². The lowest BCUT2D eigenvalue weighted by atomic mass is 9.89. The molecule has 0 N–H and O–H groups in total. The van der Waals surface area contributed by atoms with Crippen LogP contribution in [-0.4, -0.2) is 25.6 Å². The summed E-state index contributed by atoms with van der Waals surface area (Å²) in [6, 6.07) is 5.06. The molecular weight excluding hydrogens is 276 g/mol. The van der Waals surface area contributed by atoms with Crippen molar-refractivity contribution in [1.82, 2.24) is 0 Å². The highest BCUT2D eigenvalue weighted by molar-refractivity contribution is 6.32. The summed E-state index contributed by atoms with van der Waals surface area (Å²) in [6.07, 6.45) is 4.71. The largest absolute Gasteiger partial charge is 0.495 e. The fourth-order valence-electron chi connectivity index (χ4n) is 2.51. The summed E-state index contributed by atoms with van der Waals surface area (Å²) in [6.45, 7) is 2.39. The number of ether oxygens (including phenoxy) is 2. The van der Waals surface area contributed by atoms with E-state index in [1.807, 2.05) is 0 Å². The molecule has 4 heteroatoms. The third-order valence-corrected chi connectivity index (χ3v) is 4.18. The lowest BCUT2D eigenvalue weighted by molar-refractivity contribution is 0.0217. The van der Waals surface area contributed by atoms with Crippen LogP contribution in [0.15, 0.2) is 18.2 Å². The van der Waals surface area contributed by atoms with Crippen molar-refractivity contribution < 1.29 is 14.3 Å². The number of ketones is 1. The van der Waals surface area contributed by atoms with Gasteiger partial charge in [-0.15, -0.1) is 0 Å². The van der Waals surface area contributed by atoms with Crippen LogP contribution in [0.5, 0.6) is 5.75 Å². The van der Waals surface area contributed by atoms with Crippen molar-refractivity contribution in [3.05, 3.63) is 28.8 Å². The zero-order valence-electron chi connectivity index (χ0n) is 12.0. The van der Waals surface area contributed by atoms with Crippen LogP contribution in [0.25, 0.3) is 0 Å². The van der Waals surface area contributed by atoms with E-state index < -0.39 is 0 Å². The molecule has 0 bridgehead atoms. The van der Waals surface area contributed by atoms with Gasteiger partial charge in [0.2, 0.25) is 0 Å². The van der Waals surface area contributed by atoms with Gasteiger partial charge in [0.05, 0.1) is 18.2 Å². The van der Waals surface area contributed by atoms with E-state index in [4.69, 9.17) is 21.1 Å². The van der Waals surface area contributed by atoms with Gasteiger partial charge in [-0.2, -0.15) is 0 Å². The summed E-state index contributed by atoms with van der Waals surface area (Å²) in [4.78, 5) is 12.1. The number of methoxy groups -OCH3 is 1. The van der Waals surface area contributed by atoms with Crippen LogP contribution in [-0.2, 0) is 4.74 Å². The smallest absolute Gasteiger partial charge is 0.188 e. The average molecular weight is 297 g/mol. The molecule has 20 heavy (non-hydrogen) atoms. The SMILES string of the molecule is COc1ccc(C(=O)COC2CCC(C)CC2)cc1Cl. The first-order valence-corrected chi connectivity index (χ1v) is 7.46. The molecule has 0 aliphatic heterocycles. The second-order valence-electron chi connectivity index (χ2n) is 5.47. The van der Waals surface area contributed by atoms with Gasteiger partial charge in [-0.25, -0.2) is 0 Å². The minimum absolute atomic E-state index is 0.0341. The Balaban J connectivity index is 1.87. The standard InChI is InChI=1S/C16H21ClO3/c1-11-3-6-13(7-4-11)20-10-15(18)12-5-8-16(19-2)14(17)9-12/h5,8-9,11,13H,3-4,6-7,10H2,1-2H3. The maximum absolute atomic E-state index is 12.1. The molecule has 0 unspecified atom stereocenters. The fourth-order valence-corrected chi connectivity index (χ4v) is 2.77. The highest BCUT2D eigenvalue weighted by atomic mass is 35.5. The van der Waals surface area contributed by atoms with E-state index in [2.05, 4.69) is 6.92 Å². The summed E-state index contributed by atoms with van der Waals surface area (Å²) in [7, 11) is 1.55. The minimum atomic E-state index is -0.0341. The van der Waals surface area contributed by atoms with Crippen molar-refractivity contribution in [2.24, 2.45) is 5.92 Å². The first-order valence-electron chi connectivity index (χ1n) is 7.08. The van der Waals surface area contributed by atoms with E-state index >= 15 is 0 Å². The Morgan fingerprint density at radius 1 is 1.30 bits per heavy atom. The molecule has 2 rings (SSSR count). The Morgan fingerprint density at radius 2 is 2.00 bits per heavy atom. The van der Waals surface area contributed by atoms with Crippen LogP contribution >= 0.6 is 11.6 Å². The first kappa shape index (κ1) is 15.3. The Hall–Kier alpha value is -1.06. The maximum atomic E-state index is 12.1. The Bertz CT molecular complexity index is 465. The zero-order chi connectivity index (χ0) is 14.5. The number of hydrogen-bond donors (Lipinski definition) is 0. The topological polar surface area (TPSA) is 35.5 Å². The van der Waals surface area contributed by atoms with E-state index in [1.54, 1.807) is 25.3 Å². The number of carbonyl (C=O) groups excluding carboxylic acids is 1. The van der Waals surface area contributed by atoms with Gasteiger partial charge in [0, 0.05) is 5.56 Å². The summed E-state index contributed by atoms with van der Waals surface area (Å²) in [5, 5.41) is 0.449. The number of benzene rings is 1. The maximum Gasteiger partial charge on any atom is 0.188 e. The number of halogens is 1. The van der Waals surface area contributed by atoms with Crippen molar-refractivity contribution in [2.45, 2.75) is 38.7 Å². The number of carbonyl (C=O) groups is 1. The quantitative estimate of drug-likeness (QED) is 0.767. The van der Waals surface area contributed by atoms with Gasteiger partial charge in [0.15, 0.2) is 5.78 Å². The van der Waals surface area contributed by atoms with Crippen LogP contribution in [0.4, 0.5) is 0 Å². The highest BCUT2D eigenvalue weighted by Crippen LogP contribution is 2.27. The molecule has 0 heterocycles. The van der Waals surface area contributed by atoms with Crippen LogP contribution < -0.4 is 4.74 Å². The molecule has 1 saturated carbocycles. The third kappa shape index (κ3) is 3.97. The van der Waals surface area contributed by atoms with Crippen LogP contribution in [0, 0.1) is 5.92 Å². The van der Waals surface area contributed by atoms with E-state index in [0.29, 0.717) is 16.3 Å². The van der Waals surface area contributed by atoms with Crippen LogP contribution in [0.3, 0.4) is 0 Å². The lowest BCUT2D eigenvalue weighted by Crippen LogP contribution is -2.23. The van der Waals surface area contributed by atoms with E-state index in [-0.39, 0.29) is 18.5 Å². The molecule has 0 aromatic heterocycles. The highest BCUT2D eigenvalue weighted by Gasteiger charge is 2.20. The molecular formula is C16H21ClO3. The monoisotopic (exact) mass is 296 g/mol. The number of hydrogen-bond acceptors (Lipinski definition) is 3. The van der Waals surface area contributed by atoms with Gasteiger partial charge in [-0.05, 0) is 49.8 Å². The fraction of sp³-hybridized carbons (Fsp3) is 0.562. The molecule has 1 aliphatic carbocycles. The van der Waals surface area contributed by atoms with E-state index in [0.717, 1.165) is 18.8 Å². The Morgan fingerprint density at radius 3 is 2.60 bits per heavy atom. The third-order valence-electron chi connectivity index (χ3n) is 3.89. The molecule has 3 nitrogen and oxygen atoms in total. The normalized spacial score (nSPS) is 22.6. The van der Waals surface area contributed by atoms with Gasteiger partial charge in [-0.1, -0.05) is 18.5 Å². The molecule has 0 radical (unpaired) electrons. The zero-order valence-corrected chi connectivity index (χ0v) is 12.8. The number of Topliss-reactive ketones (excluding diaryl/α,β-unsaturated/α-hetero) is 1. The summed E-state index contributed by atoms with van der Waals surface area (Å²) in [5.74, 6) is 1.32. The van der Waals surface area contributed by atoms with Gasteiger partial charge < -0.3 is 9.47 Å². The van der Waals surface area contributed by atoms with Crippen LogP contribution in [0.1, 0.15) is 43.0 Å². The lowest BCUT2D eigenvalue weighted by Gasteiger charge is -2.25. The predicted molar refractivity (Wildman–Crippen MR) is 79.7 cm³/mol.